The summed E-state index contributed by atoms with van der Waals surface area (Å²) in [4.78, 5) is 27.7. The average molecular weight is 510 g/mol. The molecule has 4 aromatic heterocycles. The molecule has 0 fully saturated rings. The molecule has 12 nitrogen and oxygen atoms in total. The highest BCUT2D eigenvalue weighted by molar-refractivity contribution is 7.17. The van der Waals surface area contributed by atoms with Gasteiger partial charge in [0.25, 0.3) is 11.5 Å². The van der Waals surface area contributed by atoms with E-state index in [1.165, 1.54) is 16.0 Å². The Bertz CT molecular complexity index is 1530. The quantitative estimate of drug-likeness (QED) is 0.288. The van der Waals surface area contributed by atoms with Gasteiger partial charge in [0.05, 0.1) is 22.0 Å². The number of ether oxygens (including phenoxy) is 1. The van der Waals surface area contributed by atoms with Crippen molar-refractivity contribution in [2.45, 2.75) is 13.2 Å². The number of nitrogens with one attached hydrogen (secondary N) is 3. The highest BCUT2D eigenvalue weighted by atomic mass is 35.5. The van der Waals surface area contributed by atoms with Gasteiger partial charge in [0, 0.05) is 11.8 Å². The van der Waals surface area contributed by atoms with Crippen molar-refractivity contribution in [3.8, 4) is 22.6 Å². The van der Waals surface area contributed by atoms with Gasteiger partial charge in [-0.2, -0.15) is 5.21 Å². The lowest BCUT2D eigenvalue weighted by Gasteiger charge is -2.12. The summed E-state index contributed by atoms with van der Waals surface area (Å²) in [5.41, 5.74) is 2.02. The Kier molecular flexibility index (Phi) is 6.32. The van der Waals surface area contributed by atoms with E-state index < -0.39 is 0 Å². The van der Waals surface area contributed by atoms with Crippen LogP contribution < -0.4 is 15.6 Å². The van der Waals surface area contributed by atoms with E-state index in [4.69, 9.17) is 16.3 Å². The number of hydrogen-bond donors (Lipinski definition) is 3. The molecule has 1 aromatic carbocycles. The van der Waals surface area contributed by atoms with Crippen molar-refractivity contribution in [1.29, 1.82) is 0 Å². The summed E-state index contributed by atoms with van der Waals surface area (Å²) in [5.74, 6) is 0.525. The minimum Gasteiger partial charge on any atom is -0.483 e. The molecule has 0 aliphatic heterocycles. The molecule has 4 heterocycles. The fourth-order valence-electron chi connectivity index (χ4n) is 3.21. The summed E-state index contributed by atoms with van der Waals surface area (Å²) < 4.78 is 8.00. The van der Waals surface area contributed by atoms with Crippen LogP contribution in [0.5, 0.6) is 5.75 Å². The molecule has 176 valence electrons. The SMILES string of the molecule is O=C(NCc1cn(-c2ccc(-c3ccc[nH]c3=O)cc2OCc2nn[nH]n2)nn1)c1ccc(Cl)s1. The van der Waals surface area contributed by atoms with Gasteiger partial charge in [-0.3, -0.25) is 9.59 Å². The number of carbonyl (C=O) groups excluding carboxylic acids is 1. The summed E-state index contributed by atoms with van der Waals surface area (Å²) in [6, 6.07) is 12.1. The third-order valence-corrected chi connectivity index (χ3v) is 6.08. The number of H-pyrrole nitrogens is 2. The number of aromatic nitrogens is 8. The number of hydrogen-bond acceptors (Lipinski definition) is 9. The Morgan fingerprint density at radius 2 is 2.11 bits per heavy atom. The van der Waals surface area contributed by atoms with Crippen molar-refractivity contribution in [2.75, 3.05) is 0 Å². The maximum Gasteiger partial charge on any atom is 0.261 e. The largest absolute Gasteiger partial charge is 0.483 e. The summed E-state index contributed by atoms with van der Waals surface area (Å²) in [6.45, 7) is 0.212. The van der Waals surface area contributed by atoms with Crippen LogP contribution in [0, 0.1) is 0 Å². The topological polar surface area (TPSA) is 156 Å². The Morgan fingerprint density at radius 3 is 2.89 bits per heavy atom. The van der Waals surface area contributed by atoms with Gasteiger partial charge >= 0.3 is 0 Å². The fraction of sp³-hybridized carbons (Fsp3) is 0.0952. The number of halogens is 1. The molecule has 5 aromatic rings. The van der Waals surface area contributed by atoms with Gasteiger partial charge in [0.2, 0.25) is 5.82 Å². The third-order valence-electron chi connectivity index (χ3n) is 4.85. The van der Waals surface area contributed by atoms with Gasteiger partial charge in [0.1, 0.15) is 17.1 Å². The number of amides is 1. The Balaban J connectivity index is 1.40. The maximum atomic E-state index is 12.3. The first-order chi connectivity index (χ1) is 17.1. The molecule has 0 atom stereocenters. The van der Waals surface area contributed by atoms with E-state index in [2.05, 4.69) is 41.2 Å². The molecule has 0 saturated carbocycles. The van der Waals surface area contributed by atoms with Crippen LogP contribution in [0.1, 0.15) is 21.2 Å². The summed E-state index contributed by atoms with van der Waals surface area (Å²) >= 11 is 7.09. The highest BCUT2D eigenvalue weighted by Crippen LogP contribution is 2.29. The second kappa shape index (κ2) is 9.87. The number of nitrogens with zero attached hydrogens (tertiary/aromatic N) is 6. The molecule has 0 spiro atoms. The third kappa shape index (κ3) is 5.10. The predicted molar refractivity (Wildman–Crippen MR) is 126 cm³/mol. The first kappa shape index (κ1) is 22.4. The van der Waals surface area contributed by atoms with Crippen LogP contribution >= 0.6 is 22.9 Å². The van der Waals surface area contributed by atoms with Gasteiger partial charge in [-0.25, -0.2) is 4.68 Å². The molecule has 3 N–H and O–H groups in total. The van der Waals surface area contributed by atoms with Crippen LogP contribution in [-0.4, -0.2) is 46.5 Å². The molecular weight excluding hydrogens is 494 g/mol. The van der Waals surface area contributed by atoms with Gasteiger partial charge in [-0.05, 0) is 42.0 Å². The number of aromatic amines is 2. The van der Waals surface area contributed by atoms with Crippen LogP contribution in [0.15, 0.2) is 59.7 Å². The number of carbonyl (C=O) groups is 1. The van der Waals surface area contributed by atoms with Gasteiger partial charge < -0.3 is 15.0 Å². The Morgan fingerprint density at radius 1 is 1.20 bits per heavy atom. The minimum atomic E-state index is -0.252. The Labute approximate surface area is 205 Å². The van der Waals surface area contributed by atoms with Gasteiger partial charge in [-0.15, -0.1) is 26.6 Å². The molecule has 1 amide bonds. The average Bonchev–Trinajstić information content (AvgIpc) is 3.64. The summed E-state index contributed by atoms with van der Waals surface area (Å²) in [5, 5.41) is 24.8. The van der Waals surface area contributed by atoms with E-state index >= 15 is 0 Å². The first-order valence-corrected chi connectivity index (χ1v) is 11.4. The molecule has 0 radical (unpaired) electrons. The molecule has 0 bridgehead atoms. The lowest BCUT2D eigenvalue weighted by atomic mass is 10.1. The molecular formula is C21H16ClN9O3S. The van der Waals surface area contributed by atoms with Crippen LogP contribution in [0.25, 0.3) is 16.8 Å². The van der Waals surface area contributed by atoms with Gasteiger partial charge in [0.15, 0.2) is 6.61 Å². The highest BCUT2D eigenvalue weighted by Gasteiger charge is 2.15. The zero-order chi connectivity index (χ0) is 24.2. The lowest BCUT2D eigenvalue weighted by molar-refractivity contribution is 0.0954. The van der Waals surface area contributed by atoms with Crippen LogP contribution in [-0.2, 0) is 13.2 Å². The van der Waals surface area contributed by atoms with E-state index in [9.17, 15) is 9.59 Å². The number of benzene rings is 1. The predicted octanol–water partition coefficient (Wildman–Crippen LogP) is 2.36. The zero-order valence-corrected chi connectivity index (χ0v) is 19.4. The minimum absolute atomic E-state index is 0.0408. The summed E-state index contributed by atoms with van der Waals surface area (Å²) in [6.07, 6.45) is 3.24. The smallest absolute Gasteiger partial charge is 0.261 e. The second-order valence-electron chi connectivity index (χ2n) is 7.15. The molecule has 0 saturated heterocycles. The second-order valence-corrected chi connectivity index (χ2v) is 8.87. The van der Waals surface area contributed by atoms with Crippen molar-refractivity contribution < 1.29 is 9.53 Å². The van der Waals surface area contributed by atoms with Crippen LogP contribution in [0.2, 0.25) is 4.34 Å². The summed E-state index contributed by atoms with van der Waals surface area (Å²) in [7, 11) is 0. The Hall–Kier alpha value is -4.36. The van der Waals surface area contributed by atoms with E-state index in [1.807, 2.05) is 0 Å². The van der Waals surface area contributed by atoms with Gasteiger partial charge in [-0.1, -0.05) is 28.1 Å². The van der Waals surface area contributed by atoms with Crippen molar-refractivity contribution in [2.24, 2.45) is 0 Å². The number of rotatable bonds is 8. The molecule has 0 aliphatic rings. The maximum absolute atomic E-state index is 12.3. The van der Waals surface area contributed by atoms with E-state index in [1.54, 1.807) is 54.9 Å². The van der Waals surface area contributed by atoms with Crippen molar-refractivity contribution >= 4 is 28.8 Å². The van der Waals surface area contributed by atoms with Crippen LogP contribution in [0.4, 0.5) is 0 Å². The zero-order valence-electron chi connectivity index (χ0n) is 17.8. The van der Waals surface area contributed by atoms with Crippen molar-refractivity contribution in [3.63, 3.8) is 0 Å². The van der Waals surface area contributed by atoms with E-state index in [0.717, 1.165) is 0 Å². The monoisotopic (exact) mass is 509 g/mol. The van der Waals surface area contributed by atoms with Crippen molar-refractivity contribution in [1.82, 2.24) is 45.9 Å². The number of pyridine rings is 1. The normalized spacial score (nSPS) is 10.9. The molecule has 14 heteroatoms. The number of tetrazole rings is 1. The lowest BCUT2D eigenvalue weighted by Crippen LogP contribution is -2.21. The molecule has 35 heavy (non-hydrogen) atoms. The van der Waals surface area contributed by atoms with E-state index in [-0.39, 0.29) is 24.6 Å². The standard InChI is InChI=1S/C21H16ClN9O3S/c22-18-6-5-17(35-18)21(33)24-9-13-10-31(30-25-13)15-4-3-12(14-2-1-7-23-20(14)32)8-16(15)34-11-19-26-28-29-27-19/h1-8,10H,9,11H2,(H,23,32)(H,24,33)(H,26,27,28,29). The molecule has 0 aliphatic carbocycles. The van der Waals surface area contributed by atoms with Crippen molar-refractivity contribution in [3.05, 3.63) is 85.9 Å². The first-order valence-electron chi connectivity index (χ1n) is 10.2. The van der Waals surface area contributed by atoms with Crippen LogP contribution in [0.3, 0.4) is 0 Å². The molecule has 0 unspecified atom stereocenters. The fourth-order valence-corrected chi connectivity index (χ4v) is 4.17. The molecule has 5 rings (SSSR count). The number of thiophene rings is 1. The van der Waals surface area contributed by atoms with E-state index in [0.29, 0.717) is 43.3 Å².